The van der Waals surface area contributed by atoms with E-state index < -0.39 is 21.5 Å². The Labute approximate surface area is 138 Å². The second-order valence-electron chi connectivity index (χ2n) is 5.15. The minimum atomic E-state index is -3.64. The van der Waals surface area contributed by atoms with Crippen molar-refractivity contribution >= 4 is 21.1 Å². The van der Waals surface area contributed by atoms with Gasteiger partial charge in [0.05, 0.1) is 17.3 Å². The summed E-state index contributed by atoms with van der Waals surface area (Å²) in [7, 11) is -3.64. The minimum Gasteiger partial charge on any atom is -0.290 e. The van der Waals surface area contributed by atoms with Gasteiger partial charge >= 0.3 is 0 Å². The van der Waals surface area contributed by atoms with E-state index in [0.29, 0.717) is 11.2 Å². The van der Waals surface area contributed by atoms with Crippen molar-refractivity contribution in [1.82, 2.24) is 14.4 Å². The van der Waals surface area contributed by atoms with E-state index in [-0.39, 0.29) is 10.9 Å². The molecule has 0 bridgehead atoms. The highest BCUT2D eigenvalue weighted by molar-refractivity contribution is 7.90. The van der Waals surface area contributed by atoms with Gasteiger partial charge in [-0.3, -0.25) is 14.2 Å². The number of ketones is 1. The number of carbonyl (C=O) groups excluding carboxylic acids is 1. The highest BCUT2D eigenvalue weighted by atomic mass is 32.2. The Morgan fingerprint density at radius 1 is 1.25 bits per heavy atom. The van der Waals surface area contributed by atoms with Crippen molar-refractivity contribution in [1.29, 1.82) is 5.26 Å². The van der Waals surface area contributed by atoms with Gasteiger partial charge in [0, 0.05) is 18.6 Å². The molecule has 0 saturated carbocycles. The van der Waals surface area contributed by atoms with Crippen molar-refractivity contribution in [2.45, 2.75) is 11.1 Å². The van der Waals surface area contributed by atoms with Crippen LogP contribution in [0.1, 0.15) is 22.1 Å². The van der Waals surface area contributed by atoms with E-state index in [4.69, 9.17) is 0 Å². The Morgan fingerprint density at radius 3 is 2.62 bits per heavy atom. The van der Waals surface area contributed by atoms with Crippen LogP contribution in [0.25, 0.3) is 5.52 Å². The van der Waals surface area contributed by atoms with Gasteiger partial charge in [-0.05, 0) is 24.3 Å². The zero-order valence-corrected chi connectivity index (χ0v) is 13.4. The van der Waals surface area contributed by atoms with Gasteiger partial charge in [0.1, 0.15) is 5.69 Å². The Morgan fingerprint density at radius 2 is 2.00 bits per heavy atom. The summed E-state index contributed by atoms with van der Waals surface area (Å²) in [6.45, 7) is 0. The zero-order valence-electron chi connectivity index (χ0n) is 12.6. The molecule has 24 heavy (non-hydrogen) atoms. The standard InChI is InChI=1S/C16H12N4O3S/c1-24(22,23)16-19-14(13-7-3-5-9-20(13)16)15(21)11(10-17)12-6-2-4-8-18-12/h2-9,11H,1H3/t11-/m0/s1. The fourth-order valence-electron chi connectivity index (χ4n) is 2.40. The summed E-state index contributed by atoms with van der Waals surface area (Å²) in [5.74, 6) is -1.74. The lowest BCUT2D eigenvalue weighted by atomic mass is 9.98. The number of imidazole rings is 1. The minimum absolute atomic E-state index is 0.0618. The Bertz CT molecular complexity index is 1070. The second kappa shape index (κ2) is 5.86. The first-order valence-electron chi connectivity index (χ1n) is 6.95. The third-order valence-corrected chi connectivity index (χ3v) is 4.41. The third kappa shape index (κ3) is 2.66. The van der Waals surface area contributed by atoms with E-state index >= 15 is 0 Å². The van der Waals surface area contributed by atoms with Crippen molar-refractivity contribution < 1.29 is 13.2 Å². The van der Waals surface area contributed by atoms with Gasteiger partial charge in [0.25, 0.3) is 0 Å². The molecule has 3 aromatic rings. The van der Waals surface area contributed by atoms with Crippen LogP contribution in [-0.2, 0) is 9.84 Å². The normalized spacial score (nSPS) is 12.7. The van der Waals surface area contributed by atoms with E-state index in [1.807, 2.05) is 6.07 Å². The summed E-state index contributed by atoms with van der Waals surface area (Å²) in [6.07, 6.45) is 4.02. The first-order chi connectivity index (χ1) is 11.4. The fourth-order valence-corrected chi connectivity index (χ4v) is 3.17. The first-order valence-corrected chi connectivity index (χ1v) is 8.84. The van der Waals surface area contributed by atoms with Gasteiger partial charge in [-0.2, -0.15) is 5.26 Å². The number of nitriles is 1. The fraction of sp³-hybridized carbons (Fsp3) is 0.125. The van der Waals surface area contributed by atoms with E-state index in [0.717, 1.165) is 6.26 Å². The van der Waals surface area contributed by atoms with E-state index in [1.54, 1.807) is 36.4 Å². The number of fused-ring (bicyclic) bond motifs is 1. The average molecular weight is 340 g/mol. The summed E-state index contributed by atoms with van der Waals surface area (Å²) in [6, 6.07) is 11.7. The Hall–Kier alpha value is -3.05. The maximum Gasteiger partial charge on any atom is 0.232 e. The molecule has 0 saturated heterocycles. The molecule has 8 heteroatoms. The van der Waals surface area contributed by atoms with Crippen LogP contribution in [-0.4, -0.2) is 34.8 Å². The second-order valence-corrected chi connectivity index (χ2v) is 7.06. The topological polar surface area (TPSA) is 105 Å². The number of hydrogen-bond donors (Lipinski definition) is 0. The molecule has 0 fully saturated rings. The predicted molar refractivity (Wildman–Crippen MR) is 85.2 cm³/mol. The molecule has 120 valence electrons. The third-order valence-electron chi connectivity index (χ3n) is 3.46. The van der Waals surface area contributed by atoms with Gasteiger partial charge in [0.2, 0.25) is 20.8 Å². The molecule has 0 aliphatic rings. The van der Waals surface area contributed by atoms with Gasteiger partial charge in [-0.25, -0.2) is 13.4 Å². The molecule has 0 aromatic carbocycles. The van der Waals surface area contributed by atoms with Gasteiger partial charge < -0.3 is 0 Å². The number of Topliss-reactive ketones (excluding diaryl/α,β-unsaturated/α-hetero) is 1. The highest BCUT2D eigenvalue weighted by Gasteiger charge is 2.29. The molecule has 3 rings (SSSR count). The van der Waals surface area contributed by atoms with Crippen LogP contribution in [0.4, 0.5) is 0 Å². The molecule has 0 amide bonds. The molecule has 3 heterocycles. The Kier molecular flexibility index (Phi) is 3.87. The molecular weight excluding hydrogens is 328 g/mol. The van der Waals surface area contributed by atoms with Gasteiger partial charge in [0.15, 0.2) is 5.92 Å². The number of rotatable bonds is 4. The van der Waals surface area contributed by atoms with Crippen molar-refractivity contribution in [2.24, 2.45) is 0 Å². The molecule has 7 nitrogen and oxygen atoms in total. The summed E-state index contributed by atoms with van der Waals surface area (Å²) in [5, 5.41) is 9.15. The number of hydrogen-bond acceptors (Lipinski definition) is 6. The molecule has 3 aromatic heterocycles. The van der Waals surface area contributed by atoms with Gasteiger partial charge in [-0.15, -0.1) is 0 Å². The maximum absolute atomic E-state index is 12.8. The molecular formula is C16H12N4O3S. The predicted octanol–water partition coefficient (Wildman–Crippen LogP) is 1.62. The monoisotopic (exact) mass is 340 g/mol. The summed E-state index contributed by atoms with van der Waals surface area (Å²) in [4.78, 5) is 20.8. The molecule has 0 spiro atoms. The van der Waals surface area contributed by atoms with Crippen LogP contribution in [0.15, 0.2) is 53.9 Å². The van der Waals surface area contributed by atoms with Crippen molar-refractivity contribution in [3.63, 3.8) is 0 Å². The van der Waals surface area contributed by atoms with Crippen molar-refractivity contribution in [2.75, 3.05) is 6.26 Å². The molecule has 0 aliphatic heterocycles. The Balaban J connectivity index is 2.20. The van der Waals surface area contributed by atoms with Crippen LogP contribution >= 0.6 is 0 Å². The lowest BCUT2D eigenvalue weighted by Crippen LogP contribution is -2.13. The summed E-state index contributed by atoms with van der Waals surface area (Å²) < 4.78 is 25.2. The van der Waals surface area contributed by atoms with Crippen LogP contribution in [0.5, 0.6) is 0 Å². The van der Waals surface area contributed by atoms with Crippen molar-refractivity contribution in [3.05, 3.63) is 60.2 Å². The number of nitrogens with zero attached hydrogens (tertiary/aromatic N) is 4. The van der Waals surface area contributed by atoms with E-state index in [1.165, 1.54) is 16.8 Å². The smallest absolute Gasteiger partial charge is 0.232 e. The van der Waals surface area contributed by atoms with Crippen LogP contribution in [0.2, 0.25) is 0 Å². The average Bonchev–Trinajstić information content (AvgIpc) is 2.96. The maximum atomic E-state index is 12.8. The first kappa shape index (κ1) is 15.8. The molecule has 0 aliphatic carbocycles. The number of aromatic nitrogens is 3. The van der Waals surface area contributed by atoms with Crippen LogP contribution in [0.3, 0.4) is 0 Å². The quantitative estimate of drug-likeness (QED) is 0.668. The molecule has 0 unspecified atom stereocenters. The van der Waals surface area contributed by atoms with Crippen LogP contribution in [0, 0.1) is 11.3 Å². The SMILES string of the molecule is CS(=O)(=O)c1nc(C(=O)[C@@H](C#N)c2ccccn2)c2ccccn12. The largest absolute Gasteiger partial charge is 0.290 e. The number of pyridine rings is 2. The number of sulfone groups is 1. The zero-order chi connectivity index (χ0) is 17.3. The highest BCUT2D eigenvalue weighted by Crippen LogP contribution is 2.23. The van der Waals surface area contributed by atoms with E-state index in [9.17, 15) is 18.5 Å². The number of carbonyl (C=O) groups is 1. The molecule has 0 N–H and O–H groups in total. The summed E-state index contributed by atoms with van der Waals surface area (Å²) in [5.41, 5.74) is 0.565. The van der Waals surface area contributed by atoms with Crippen LogP contribution < -0.4 is 0 Å². The van der Waals surface area contributed by atoms with Gasteiger partial charge in [-0.1, -0.05) is 12.1 Å². The lowest BCUT2D eigenvalue weighted by molar-refractivity contribution is 0.0974. The van der Waals surface area contributed by atoms with E-state index in [2.05, 4.69) is 9.97 Å². The van der Waals surface area contributed by atoms with Crippen molar-refractivity contribution in [3.8, 4) is 6.07 Å². The molecule has 1 atom stereocenters. The lowest BCUT2D eigenvalue weighted by Gasteiger charge is -2.05. The molecule has 0 radical (unpaired) electrons. The summed E-state index contributed by atoms with van der Waals surface area (Å²) >= 11 is 0.